The first-order valence-corrected chi connectivity index (χ1v) is 6.00. The topological polar surface area (TPSA) is 106 Å². The fourth-order valence-corrected chi connectivity index (χ4v) is 2.72. The predicted molar refractivity (Wildman–Crippen MR) is 64.1 cm³/mol. The Morgan fingerprint density at radius 1 is 1.26 bits per heavy atom. The Balaban J connectivity index is 2.31. The summed E-state index contributed by atoms with van der Waals surface area (Å²) in [4.78, 5) is 11.2. The van der Waals surface area contributed by atoms with E-state index in [1.165, 1.54) is 0 Å². The lowest BCUT2D eigenvalue weighted by molar-refractivity contribution is -0.138. The summed E-state index contributed by atoms with van der Waals surface area (Å²) < 4.78 is 11.0. The molecule has 0 fully saturated rings. The zero-order valence-electron chi connectivity index (χ0n) is 10.1. The lowest BCUT2D eigenvalue weighted by Crippen LogP contribution is -2.23. The van der Waals surface area contributed by atoms with Crippen molar-refractivity contribution in [1.29, 1.82) is 5.26 Å². The summed E-state index contributed by atoms with van der Waals surface area (Å²) in [6, 6.07) is 0.972. The van der Waals surface area contributed by atoms with E-state index in [0.29, 0.717) is 54.2 Å². The van der Waals surface area contributed by atoms with Crippen molar-refractivity contribution < 1.29 is 19.4 Å². The Hall–Kier alpha value is -2.26. The first-order valence-electron chi connectivity index (χ1n) is 6.00. The summed E-state index contributed by atoms with van der Waals surface area (Å²) in [6.45, 7) is 0.874. The number of nitriles is 1. The number of ether oxygens (including phenoxy) is 2. The second kappa shape index (κ2) is 4.14. The summed E-state index contributed by atoms with van der Waals surface area (Å²) in [6.07, 6.45) is 1.13. The first-order chi connectivity index (χ1) is 9.15. The van der Waals surface area contributed by atoms with E-state index < -0.39 is 12.0 Å². The molecule has 0 bridgehead atoms. The molecule has 1 aromatic rings. The smallest absolute Gasteiger partial charge is 0.325 e. The molecule has 1 atom stereocenters. The number of carbonyl (C=O) groups is 1. The summed E-state index contributed by atoms with van der Waals surface area (Å²) in [5.41, 5.74) is 8.10. The maximum Gasteiger partial charge on any atom is 0.325 e. The van der Waals surface area contributed by atoms with Crippen molar-refractivity contribution in [3.63, 3.8) is 0 Å². The second-order valence-electron chi connectivity index (χ2n) is 4.53. The standard InChI is InChI=1S/C13H12N2O4/c14-5-8-6-1-3-19-12(6)9(10(15)13(16)17)7-2-4-18-11(7)8/h10H,1-4,15H2,(H,16,17). The van der Waals surface area contributed by atoms with Gasteiger partial charge in [-0.3, -0.25) is 4.79 Å². The molecular formula is C13H12N2O4. The van der Waals surface area contributed by atoms with Crippen LogP contribution in [-0.2, 0) is 17.6 Å². The van der Waals surface area contributed by atoms with E-state index >= 15 is 0 Å². The third-order valence-corrected chi connectivity index (χ3v) is 3.53. The van der Waals surface area contributed by atoms with Crippen LogP contribution in [0.1, 0.15) is 28.3 Å². The number of rotatable bonds is 2. The summed E-state index contributed by atoms with van der Waals surface area (Å²) in [5, 5.41) is 18.4. The molecule has 3 N–H and O–H groups in total. The number of hydrogen-bond acceptors (Lipinski definition) is 5. The Morgan fingerprint density at radius 2 is 1.89 bits per heavy atom. The van der Waals surface area contributed by atoms with Gasteiger partial charge in [0.05, 0.1) is 13.2 Å². The van der Waals surface area contributed by atoms with Crippen molar-refractivity contribution in [1.82, 2.24) is 0 Å². The average molecular weight is 260 g/mol. The van der Waals surface area contributed by atoms with Crippen LogP contribution in [0, 0.1) is 11.3 Å². The Kier molecular flexibility index (Phi) is 2.57. The Morgan fingerprint density at radius 3 is 2.53 bits per heavy atom. The van der Waals surface area contributed by atoms with Gasteiger partial charge in [-0.2, -0.15) is 5.26 Å². The largest absolute Gasteiger partial charge is 0.493 e. The highest BCUT2D eigenvalue weighted by atomic mass is 16.5. The summed E-state index contributed by atoms with van der Waals surface area (Å²) in [7, 11) is 0. The number of hydrogen-bond donors (Lipinski definition) is 2. The van der Waals surface area contributed by atoms with Gasteiger partial charge in [0.25, 0.3) is 0 Å². The number of nitrogens with two attached hydrogens (primary N) is 1. The molecule has 0 aliphatic carbocycles. The molecule has 0 radical (unpaired) electrons. The van der Waals surface area contributed by atoms with Gasteiger partial charge in [0, 0.05) is 29.5 Å². The third kappa shape index (κ3) is 1.55. The lowest BCUT2D eigenvalue weighted by Gasteiger charge is -2.17. The van der Waals surface area contributed by atoms with Crippen LogP contribution in [0.3, 0.4) is 0 Å². The third-order valence-electron chi connectivity index (χ3n) is 3.53. The Labute approximate surface area is 109 Å². The first kappa shape index (κ1) is 11.8. The van der Waals surface area contributed by atoms with E-state index in [0.717, 1.165) is 5.56 Å². The van der Waals surface area contributed by atoms with Gasteiger partial charge in [0.15, 0.2) is 0 Å². The van der Waals surface area contributed by atoms with Crippen LogP contribution in [0.25, 0.3) is 0 Å². The molecule has 19 heavy (non-hydrogen) atoms. The number of nitrogens with zero attached hydrogens (tertiary/aromatic N) is 1. The predicted octanol–water partition coefficient (Wildman–Crippen LogP) is 0.512. The fourth-order valence-electron chi connectivity index (χ4n) is 2.72. The summed E-state index contributed by atoms with van der Waals surface area (Å²) in [5.74, 6) is -0.161. The van der Waals surface area contributed by atoms with Crippen molar-refractivity contribution in [2.75, 3.05) is 13.2 Å². The number of carboxylic acids is 1. The van der Waals surface area contributed by atoms with Crippen molar-refractivity contribution in [2.45, 2.75) is 18.9 Å². The minimum absolute atomic E-state index is 0.437. The van der Waals surface area contributed by atoms with Crippen molar-refractivity contribution in [3.05, 3.63) is 22.3 Å². The van der Waals surface area contributed by atoms with Crippen molar-refractivity contribution >= 4 is 5.97 Å². The van der Waals surface area contributed by atoms with Gasteiger partial charge in [-0.15, -0.1) is 0 Å². The van der Waals surface area contributed by atoms with Crippen LogP contribution in [0.2, 0.25) is 0 Å². The molecule has 1 unspecified atom stereocenters. The maximum atomic E-state index is 11.2. The molecule has 1 aromatic carbocycles. The number of fused-ring (bicyclic) bond motifs is 2. The zero-order valence-corrected chi connectivity index (χ0v) is 10.1. The highest BCUT2D eigenvalue weighted by Crippen LogP contribution is 2.46. The van der Waals surface area contributed by atoms with Gasteiger partial charge in [-0.25, -0.2) is 0 Å². The van der Waals surface area contributed by atoms with E-state index in [9.17, 15) is 10.1 Å². The van der Waals surface area contributed by atoms with E-state index in [4.69, 9.17) is 20.3 Å². The van der Waals surface area contributed by atoms with Gasteiger partial charge in [0.1, 0.15) is 29.2 Å². The number of aliphatic carboxylic acids is 1. The van der Waals surface area contributed by atoms with Gasteiger partial charge >= 0.3 is 5.97 Å². The molecule has 98 valence electrons. The van der Waals surface area contributed by atoms with E-state index in [1.807, 2.05) is 0 Å². The fraction of sp³-hybridized carbons (Fsp3) is 0.385. The van der Waals surface area contributed by atoms with E-state index in [-0.39, 0.29) is 0 Å². The molecule has 6 nitrogen and oxygen atoms in total. The molecule has 2 aliphatic heterocycles. The van der Waals surface area contributed by atoms with Crippen LogP contribution >= 0.6 is 0 Å². The SMILES string of the molecule is N#Cc1c2c(c(C(N)C(=O)O)c3c1OCC3)OCC2. The summed E-state index contributed by atoms with van der Waals surface area (Å²) >= 11 is 0. The Bertz CT molecular complexity index is 583. The van der Waals surface area contributed by atoms with Crippen LogP contribution in [-0.4, -0.2) is 24.3 Å². The van der Waals surface area contributed by atoms with Crippen molar-refractivity contribution in [3.8, 4) is 17.6 Å². The minimum atomic E-state index is -1.16. The van der Waals surface area contributed by atoms with E-state index in [1.54, 1.807) is 0 Å². The highest BCUT2D eigenvalue weighted by Gasteiger charge is 2.35. The molecule has 0 saturated heterocycles. The molecule has 2 heterocycles. The average Bonchev–Trinajstić information content (AvgIpc) is 3.02. The van der Waals surface area contributed by atoms with Crippen LogP contribution in [0.4, 0.5) is 0 Å². The molecule has 0 aromatic heterocycles. The number of benzene rings is 1. The molecule has 0 amide bonds. The molecule has 0 saturated carbocycles. The van der Waals surface area contributed by atoms with Gasteiger partial charge < -0.3 is 20.3 Å². The normalized spacial score (nSPS) is 16.8. The minimum Gasteiger partial charge on any atom is -0.493 e. The van der Waals surface area contributed by atoms with Gasteiger partial charge in [-0.1, -0.05) is 0 Å². The zero-order chi connectivity index (χ0) is 13.6. The molecule has 6 heteroatoms. The highest BCUT2D eigenvalue weighted by molar-refractivity contribution is 5.80. The number of carboxylic acid groups (broad SMARTS) is 1. The van der Waals surface area contributed by atoms with Gasteiger partial charge in [-0.05, 0) is 0 Å². The lowest BCUT2D eigenvalue weighted by atomic mass is 9.91. The molecule has 0 spiro atoms. The van der Waals surface area contributed by atoms with E-state index in [2.05, 4.69) is 6.07 Å². The molecule has 3 rings (SSSR count). The van der Waals surface area contributed by atoms with Gasteiger partial charge in [0.2, 0.25) is 0 Å². The van der Waals surface area contributed by atoms with Crippen LogP contribution in [0.5, 0.6) is 11.5 Å². The maximum absolute atomic E-state index is 11.2. The molecule has 2 aliphatic rings. The van der Waals surface area contributed by atoms with Crippen LogP contribution in [0.15, 0.2) is 0 Å². The molecular weight excluding hydrogens is 248 g/mol. The van der Waals surface area contributed by atoms with Crippen molar-refractivity contribution in [2.24, 2.45) is 5.73 Å². The monoisotopic (exact) mass is 260 g/mol. The quantitative estimate of drug-likeness (QED) is 0.802. The second-order valence-corrected chi connectivity index (χ2v) is 4.53. The van der Waals surface area contributed by atoms with Crippen LogP contribution < -0.4 is 15.2 Å².